The van der Waals surface area contributed by atoms with Gasteiger partial charge in [-0.1, -0.05) is 6.92 Å². The molecule has 0 aliphatic heterocycles. The van der Waals surface area contributed by atoms with Gasteiger partial charge in [-0.2, -0.15) is 0 Å². The Bertz CT molecular complexity index is 690. The van der Waals surface area contributed by atoms with Crippen molar-refractivity contribution in [3.05, 3.63) is 29.1 Å². The maximum absolute atomic E-state index is 13.8. The Morgan fingerprint density at radius 2 is 2.05 bits per heavy atom. The van der Waals surface area contributed by atoms with Gasteiger partial charge < -0.3 is 4.90 Å². The number of amides is 1. The van der Waals surface area contributed by atoms with Crippen LogP contribution in [0.15, 0.2) is 17.0 Å². The van der Waals surface area contributed by atoms with Crippen LogP contribution in [-0.4, -0.2) is 32.8 Å². The minimum Gasteiger partial charge on any atom is -0.341 e. The Balaban J connectivity index is 2.31. The number of hydrogen-bond acceptors (Lipinski definition) is 3. The summed E-state index contributed by atoms with van der Waals surface area (Å²) in [5, 5.41) is 0. The molecule has 7 heteroatoms. The summed E-state index contributed by atoms with van der Waals surface area (Å²) in [5.74, 6) is -0.109. The molecule has 0 aromatic heterocycles. The van der Waals surface area contributed by atoms with E-state index in [1.54, 1.807) is 7.05 Å². The molecule has 1 fully saturated rings. The molecule has 2 unspecified atom stereocenters. The Labute approximate surface area is 128 Å². The zero-order valence-electron chi connectivity index (χ0n) is 12.1. The molecule has 0 bridgehead atoms. The van der Waals surface area contributed by atoms with E-state index in [0.29, 0.717) is 18.4 Å². The maximum atomic E-state index is 13.8. The molecule has 0 spiro atoms. The first-order chi connectivity index (χ1) is 9.61. The van der Waals surface area contributed by atoms with Gasteiger partial charge in [0.1, 0.15) is 5.82 Å². The first kappa shape index (κ1) is 16.2. The van der Waals surface area contributed by atoms with Crippen molar-refractivity contribution in [2.24, 2.45) is 11.8 Å². The van der Waals surface area contributed by atoms with Gasteiger partial charge >= 0.3 is 0 Å². The Morgan fingerprint density at radius 3 is 2.52 bits per heavy atom. The zero-order chi connectivity index (χ0) is 15.9. The maximum Gasteiger partial charge on any atom is 0.261 e. The highest BCUT2D eigenvalue weighted by molar-refractivity contribution is 8.13. The molecule has 21 heavy (non-hydrogen) atoms. The quantitative estimate of drug-likeness (QED) is 0.796. The minimum absolute atomic E-state index is 0.00636. The second-order valence-electron chi connectivity index (χ2n) is 5.68. The lowest BCUT2D eigenvalue weighted by Crippen LogP contribution is -2.29. The lowest BCUT2D eigenvalue weighted by molar-refractivity contribution is 0.0786. The molecule has 0 N–H and O–H groups in total. The van der Waals surface area contributed by atoms with Crippen LogP contribution in [0.25, 0.3) is 0 Å². The monoisotopic (exact) mass is 333 g/mol. The number of nitrogens with zero attached hydrogens (tertiary/aromatic N) is 1. The molecule has 2 atom stereocenters. The molecule has 0 saturated heterocycles. The minimum atomic E-state index is -4.10. The number of hydrogen-bond donors (Lipinski definition) is 0. The first-order valence-electron chi connectivity index (χ1n) is 6.61. The predicted octanol–water partition coefficient (Wildman–Crippen LogP) is 2.79. The van der Waals surface area contributed by atoms with Gasteiger partial charge in [-0.3, -0.25) is 4.79 Å². The largest absolute Gasteiger partial charge is 0.341 e. The van der Waals surface area contributed by atoms with E-state index in [1.807, 2.05) is 0 Å². The molecular weight excluding hydrogens is 317 g/mol. The molecule has 1 aromatic rings. The van der Waals surface area contributed by atoms with Crippen molar-refractivity contribution in [1.82, 2.24) is 4.90 Å². The highest BCUT2D eigenvalue weighted by Crippen LogP contribution is 2.38. The summed E-state index contributed by atoms with van der Waals surface area (Å²) in [6.07, 6.45) is 1.07. The average molecular weight is 334 g/mol. The summed E-state index contributed by atoms with van der Waals surface area (Å²) < 4.78 is 36.7. The number of benzene rings is 1. The van der Waals surface area contributed by atoms with Crippen LogP contribution in [0.4, 0.5) is 4.39 Å². The van der Waals surface area contributed by atoms with Gasteiger partial charge in [-0.25, -0.2) is 12.8 Å². The van der Waals surface area contributed by atoms with Crippen LogP contribution in [0.5, 0.6) is 0 Å². The van der Waals surface area contributed by atoms with Gasteiger partial charge in [0.25, 0.3) is 15.0 Å². The van der Waals surface area contributed by atoms with Gasteiger partial charge in [0.05, 0.1) is 4.90 Å². The fourth-order valence-electron chi connectivity index (χ4n) is 2.34. The molecule has 1 amide bonds. The van der Waals surface area contributed by atoms with Gasteiger partial charge in [0, 0.05) is 35.4 Å². The van der Waals surface area contributed by atoms with Crippen LogP contribution in [0, 0.1) is 24.6 Å². The summed E-state index contributed by atoms with van der Waals surface area (Å²) in [7, 11) is 2.82. The highest BCUT2D eigenvalue weighted by Gasteiger charge is 2.34. The number of carbonyl (C=O) groups is 1. The summed E-state index contributed by atoms with van der Waals surface area (Å²) >= 11 is 0. The lowest BCUT2D eigenvalue weighted by Gasteiger charge is -2.18. The van der Waals surface area contributed by atoms with Crippen molar-refractivity contribution < 1.29 is 17.6 Å². The van der Waals surface area contributed by atoms with E-state index < -0.39 is 20.8 Å². The fraction of sp³-hybridized carbons (Fsp3) is 0.500. The third-order valence-corrected chi connectivity index (χ3v) is 5.39. The molecule has 1 aromatic carbocycles. The molecule has 116 valence electrons. The van der Waals surface area contributed by atoms with Gasteiger partial charge in [0.15, 0.2) is 0 Å². The SMILES string of the molecule is Cc1c(F)cc(C(=O)N(C)CC2CC2C)cc1S(=O)(=O)Cl. The number of rotatable bonds is 4. The van der Waals surface area contributed by atoms with Crippen molar-refractivity contribution >= 4 is 25.6 Å². The van der Waals surface area contributed by atoms with Crippen molar-refractivity contribution in [3.8, 4) is 0 Å². The predicted molar refractivity (Wildman–Crippen MR) is 78.4 cm³/mol. The third-order valence-electron chi connectivity index (χ3n) is 3.94. The molecule has 0 radical (unpaired) electrons. The average Bonchev–Trinajstić information content (AvgIpc) is 3.05. The molecule has 1 saturated carbocycles. The van der Waals surface area contributed by atoms with Gasteiger partial charge in [-0.05, 0) is 37.3 Å². The Hall–Kier alpha value is -1.14. The first-order valence-corrected chi connectivity index (χ1v) is 8.92. The summed E-state index contributed by atoms with van der Waals surface area (Å²) in [4.78, 5) is 13.4. The van der Waals surface area contributed by atoms with Crippen LogP contribution >= 0.6 is 10.7 Å². The normalized spacial score (nSPS) is 21.2. The van der Waals surface area contributed by atoms with E-state index in [9.17, 15) is 17.6 Å². The Morgan fingerprint density at radius 1 is 1.48 bits per heavy atom. The smallest absolute Gasteiger partial charge is 0.261 e. The summed E-state index contributed by atoms with van der Waals surface area (Å²) in [6.45, 7) is 4.00. The topological polar surface area (TPSA) is 54.5 Å². The van der Waals surface area contributed by atoms with Crippen LogP contribution in [-0.2, 0) is 9.05 Å². The van der Waals surface area contributed by atoms with Crippen LogP contribution < -0.4 is 0 Å². The van der Waals surface area contributed by atoms with Crippen LogP contribution in [0.2, 0.25) is 0 Å². The van der Waals surface area contributed by atoms with Crippen molar-refractivity contribution in [2.45, 2.75) is 25.2 Å². The molecule has 0 heterocycles. The van der Waals surface area contributed by atoms with E-state index >= 15 is 0 Å². The second kappa shape index (κ2) is 5.57. The summed E-state index contributed by atoms with van der Waals surface area (Å²) in [5.41, 5.74) is -0.0897. The van der Waals surface area contributed by atoms with Crippen LogP contribution in [0.3, 0.4) is 0 Å². The van der Waals surface area contributed by atoms with Crippen molar-refractivity contribution in [3.63, 3.8) is 0 Å². The lowest BCUT2D eigenvalue weighted by atomic mass is 10.1. The third kappa shape index (κ3) is 3.55. The van der Waals surface area contributed by atoms with E-state index in [-0.39, 0.29) is 16.0 Å². The highest BCUT2D eigenvalue weighted by atomic mass is 35.7. The van der Waals surface area contributed by atoms with Crippen LogP contribution in [0.1, 0.15) is 29.3 Å². The van der Waals surface area contributed by atoms with E-state index in [0.717, 1.165) is 18.6 Å². The summed E-state index contributed by atoms with van der Waals surface area (Å²) in [6, 6.07) is 2.19. The second-order valence-corrected chi connectivity index (χ2v) is 8.21. The number of carbonyl (C=O) groups excluding carboxylic acids is 1. The van der Waals surface area contributed by atoms with E-state index in [1.165, 1.54) is 11.8 Å². The standard InChI is InChI=1S/C14H17ClFNO3S/c1-8-4-11(8)7-17(3)14(18)10-5-12(16)9(2)13(6-10)21(15,19)20/h5-6,8,11H,4,7H2,1-3H3. The van der Waals surface area contributed by atoms with Gasteiger partial charge in [-0.15, -0.1) is 0 Å². The van der Waals surface area contributed by atoms with E-state index in [2.05, 4.69) is 6.92 Å². The van der Waals surface area contributed by atoms with Crippen molar-refractivity contribution in [1.29, 1.82) is 0 Å². The zero-order valence-corrected chi connectivity index (χ0v) is 13.6. The number of halogens is 2. The molecule has 1 aliphatic rings. The van der Waals surface area contributed by atoms with E-state index in [4.69, 9.17) is 10.7 Å². The Kier molecular flexibility index (Phi) is 4.31. The molecule has 4 nitrogen and oxygen atoms in total. The molecule has 1 aliphatic carbocycles. The fourth-order valence-corrected chi connectivity index (χ4v) is 3.55. The molecule has 2 rings (SSSR count). The van der Waals surface area contributed by atoms with Gasteiger partial charge in [0.2, 0.25) is 0 Å². The molecular formula is C14H17ClFNO3S. The van der Waals surface area contributed by atoms with Crippen molar-refractivity contribution in [2.75, 3.05) is 13.6 Å².